The maximum Gasteiger partial charge on any atom is 0.256 e. The topological polar surface area (TPSA) is 38.1 Å². The Bertz CT molecular complexity index is 319. The molecular weight excluding hydrogens is 244 g/mol. The van der Waals surface area contributed by atoms with E-state index in [4.69, 9.17) is 4.42 Å². The van der Waals surface area contributed by atoms with Gasteiger partial charge in [-0.3, -0.25) is 0 Å². The van der Waals surface area contributed by atoms with Gasteiger partial charge in [-0.15, -0.1) is 0 Å². The van der Waals surface area contributed by atoms with Crippen molar-refractivity contribution in [3.8, 4) is 0 Å². The van der Waals surface area contributed by atoms with Gasteiger partial charge >= 0.3 is 0 Å². The molecule has 0 aliphatic rings. The number of aromatic nitrogens is 1. The molecular formula is C14H26N2OS. The Balaban J connectivity index is 2.17. The van der Waals surface area contributed by atoms with Crippen molar-refractivity contribution in [2.24, 2.45) is 0 Å². The van der Waals surface area contributed by atoms with Gasteiger partial charge in [-0.05, 0) is 46.1 Å². The highest BCUT2D eigenvalue weighted by Crippen LogP contribution is 2.21. The normalized spacial score (nSPS) is 12.9. The van der Waals surface area contributed by atoms with E-state index in [1.165, 1.54) is 25.7 Å². The first-order valence-corrected chi connectivity index (χ1v) is 7.96. The fourth-order valence-electron chi connectivity index (χ4n) is 1.79. The van der Waals surface area contributed by atoms with E-state index in [0.29, 0.717) is 6.04 Å². The molecule has 1 N–H and O–H groups in total. The Labute approximate surface area is 115 Å². The molecule has 1 atom stereocenters. The number of nitrogens with zero attached hydrogens (tertiary/aromatic N) is 1. The van der Waals surface area contributed by atoms with Crippen LogP contribution in [0.5, 0.6) is 0 Å². The lowest BCUT2D eigenvalue weighted by molar-refractivity contribution is 0.430. The van der Waals surface area contributed by atoms with Gasteiger partial charge in [0.25, 0.3) is 5.22 Å². The molecule has 0 bridgehead atoms. The molecule has 1 rings (SSSR count). The number of oxazole rings is 1. The van der Waals surface area contributed by atoms with Crippen LogP contribution < -0.4 is 5.32 Å². The summed E-state index contributed by atoms with van der Waals surface area (Å²) in [5.41, 5.74) is 1.01. The van der Waals surface area contributed by atoms with Gasteiger partial charge in [-0.25, -0.2) is 4.98 Å². The standard InChI is InChI=1S/C14H26N2OS/c1-5-9-15-13(6-2)8-7-10-18-14-16-11(3)12(4)17-14/h13,15H,5-10H2,1-4H3. The van der Waals surface area contributed by atoms with E-state index in [0.717, 1.165) is 29.0 Å². The fourth-order valence-corrected chi connectivity index (χ4v) is 2.66. The van der Waals surface area contributed by atoms with Crippen LogP contribution in [0.15, 0.2) is 9.64 Å². The lowest BCUT2D eigenvalue weighted by Gasteiger charge is -2.15. The number of hydrogen-bond donors (Lipinski definition) is 1. The second-order valence-corrected chi connectivity index (χ2v) is 5.72. The number of thioether (sulfide) groups is 1. The van der Waals surface area contributed by atoms with Crippen molar-refractivity contribution in [3.63, 3.8) is 0 Å². The summed E-state index contributed by atoms with van der Waals surface area (Å²) in [5.74, 6) is 2.03. The Morgan fingerprint density at radius 3 is 2.67 bits per heavy atom. The van der Waals surface area contributed by atoms with Crippen LogP contribution in [0.2, 0.25) is 0 Å². The lowest BCUT2D eigenvalue weighted by atomic mass is 10.1. The second-order valence-electron chi connectivity index (χ2n) is 4.67. The third kappa shape index (κ3) is 5.44. The van der Waals surface area contributed by atoms with Crippen molar-refractivity contribution in [1.82, 2.24) is 10.3 Å². The molecule has 0 aliphatic heterocycles. The quantitative estimate of drug-likeness (QED) is 0.545. The van der Waals surface area contributed by atoms with E-state index >= 15 is 0 Å². The van der Waals surface area contributed by atoms with Gasteiger partial charge in [0.15, 0.2) is 0 Å². The first-order chi connectivity index (χ1) is 8.67. The van der Waals surface area contributed by atoms with Crippen molar-refractivity contribution in [2.75, 3.05) is 12.3 Å². The molecule has 4 heteroatoms. The van der Waals surface area contributed by atoms with E-state index in [9.17, 15) is 0 Å². The fraction of sp³-hybridized carbons (Fsp3) is 0.786. The number of nitrogens with one attached hydrogen (secondary N) is 1. The first kappa shape index (κ1) is 15.6. The molecule has 0 saturated carbocycles. The summed E-state index contributed by atoms with van der Waals surface area (Å²) in [4.78, 5) is 4.38. The number of aryl methyl sites for hydroxylation is 2. The average Bonchev–Trinajstić information content (AvgIpc) is 2.68. The van der Waals surface area contributed by atoms with Crippen molar-refractivity contribution < 1.29 is 4.42 Å². The summed E-state index contributed by atoms with van der Waals surface area (Å²) in [6.07, 6.45) is 4.87. The Hall–Kier alpha value is -0.480. The summed E-state index contributed by atoms with van der Waals surface area (Å²) in [6, 6.07) is 0.665. The van der Waals surface area contributed by atoms with E-state index in [1.54, 1.807) is 11.8 Å². The highest BCUT2D eigenvalue weighted by Gasteiger charge is 2.07. The van der Waals surface area contributed by atoms with Crippen molar-refractivity contribution in [3.05, 3.63) is 11.5 Å². The van der Waals surface area contributed by atoms with Gasteiger partial charge in [0.2, 0.25) is 0 Å². The van der Waals surface area contributed by atoms with Crippen LogP contribution in [0.4, 0.5) is 0 Å². The molecule has 0 saturated heterocycles. The van der Waals surface area contributed by atoms with Crippen LogP contribution in [0.25, 0.3) is 0 Å². The maximum atomic E-state index is 5.55. The van der Waals surface area contributed by atoms with Gasteiger partial charge < -0.3 is 9.73 Å². The SMILES string of the molecule is CCCNC(CC)CCCSc1nc(C)c(C)o1. The summed E-state index contributed by atoms with van der Waals surface area (Å²) < 4.78 is 5.55. The summed E-state index contributed by atoms with van der Waals surface area (Å²) in [6.45, 7) is 9.55. The first-order valence-electron chi connectivity index (χ1n) is 6.97. The molecule has 104 valence electrons. The zero-order valence-electron chi connectivity index (χ0n) is 12.1. The minimum absolute atomic E-state index is 0.665. The highest BCUT2D eigenvalue weighted by atomic mass is 32.2. The smallest absolute Gasteiger partial charge is 0.256 e. The van der Waals surface area contributed by atoms with Crippen LogP contribution >= 0.6 is 11.8 Å². The molecule has 18 heavy (non-hydrogen) atoms. The molecule has 0 fully saturated rings. The second kappa shape index (κ2) is 8.59. The van der Waals surface area contributed by atoms with Gasteiger partial charge in [0.1, 0.15) is 5.76 Å². The lowest BCUT2D eigenvalue weighted by Crippen LogP contribution is -2.29. The molecule has 0 aromatic carbocycles. The molecule has 0 amide bonds. The molecule has 1 unspecified atom stereocenters. The van der Waals surface area contributed by atoms with Crippen molar-refractivity contribution >= 4 is 11.8 Å². The van der Waals surface area contributed by atoms with Gasteiger partial charge in [0.05, 0.1) is 5.69 Å². The average molecular weight is 270 g/mol. The zero-order valence-corrected chi connectivity index (χ0v) is 12.9. The van der Waals surface area contributed by atoms with Gasteiger partial charge in [0, 0.05) is 11.8 Å². The predicted molar refractivity (Wildman–Crippen MR) is 78.3 cm³/mol. The van der Waals surface area contributed by atoms with E-state index in [1.807, 2.05) is 13.8 Å². The van der Waals surface area contributed by atoms with Crippen LogP contribution in [-0.2, 0) is 0 Å². The predicted octanol–water partition coefficient (Wildman–Crippen LogP) is 3.94. The molecule has 1 aromatic rings. The van der Waals surface area contributed by atoms with Gasteiger partial charge in [-0.2, -0.15) is 0 Å². The third-order valence-electron chi connectivity index (χ3n) is 3.11. The minimum Gasteiger partial charge on any atom is -0.437 e. The van der Waals surface area contributed by atoms with E-state index in [-0.39, 0.29) is 0 Å². The maximum absolute atomic E-state index is 5.55. The van der Waals surface area contributed by atoms with E-state index < -0.39 is 0 Å². The van der Waals surface area contributed by atoms with Crippen LogP contribution in [0.3, 0.4) is 0 Å². The Morgan fingerprint density at radius 2 is 2.11 bits per heavy atom. The van der Waals surface area contributed by atoms with Crippen LogP contribution in [-0.4, -0.2) is 23.3 Å². The molecule has 1 aromatic heterocycles. The molecule has 3 nitrogen and oxygen atoms in total. The largest absolute Gasteiger partial charge is 0.437 e. The molecule has 0 radical (unpaired) electrons. The molecule has 0 aliphatic carbocycles. The number of hydrogen-bond acceptors (Lipinski definition) is 4. The minimum atomic E-state index is 0.665. The highest BCUT2D eigenvalue weighted by molar-refractivity contribution is 7.99. The van der Waals surface area contributed by atoms with Crippen molar-refractivity contribution in [2.45, 2.75) is 64.6 Å². The Morgan fingerprint density at radius 1 is 1.33 bits per heavy atom. The summed E-state index contributed by atoms with van der Waals surface area (Å²) >= 11 is 1.73. The third-order valence-corrected chi connectivity index (χ3v) is 4.02. The number of rotatable bonds is 9. The van der Waals surface area contributed by atoms with Crippen molar-refractivity contribution in [1.29, 1.82) is 0 Å². The van der Waals surface area contributed by atoms with E-state index in [2.05, 4.69) is 24.1 Å². The van der Waals surface area contributed by atoms with Crippen LogP contribution in [0, 0.1) is 13.8 Å². The summed E-state index contributed by atoms with van der Waals surface area (Å²) in [7, 11) is 0. The molecule has 1 heterocycles. The van der Waals surface area contributed by atoms with Gasteiger partial charge in [-0.1, -0.05) is 25.6 Å². The Kier molecular flexibility index (Phi) is 7.44. The molecule has 0 spiro atoms. The van der Waals surface area contributed by atoms with Crippen LogP contribution in [0.1, 0.15) is 51.0 Å². The zero-order chi connectivity index (χ0) is 13.4. The summed E-state index contributed by atoms with van der Waals surface area (Å²) in [5, 5.41) is 4.40. The monoisotopic (exact) mass is 270 g/mol.